The zero-order valence-corrected chi connectivity index (χ0v) is 16.8. The van der Waals surface area contributed by atoms with E-state index in [2.05, 4.69) is 47.9 Å². The second-order valence-corrected chi connectivity index (χ2v) is 7.57. The highest BCUT2D eigenvalue weighted by molar-refractivity contribution is 5.76. The maximum atomic E-state index is 12.2. The van der Waals surface area contributed by atoms with Gasteiger partial charge in [-0.05, 0) is 18.4 Å². The van der Waals surface area contributed by atoms with Crippen LogP contribution >= 0.6 is 0 Å². The van der Waals surface area contributed by atoms with Gasteiger partial charge in [0.2, 0.25) is 5.91 Å². The number of carbonyl (C=O) groups is 1. The zero-order chi connectivity index (χ0) is 19.9. The third-order valence-corrected chi connectivity index (χ3v) is 5.36. The van der Waals surface area contributed by atoms with E-state index in [9.17, 15) is 4.79 Å². The molecule has 0 saturated carbocycles. The average molecular weight is 389 g/mol. The van der Waals surface area contributed by atoms with Gasteiger partial charge in [-0.15, -0.1) is 0 Å². The van der Waals surface area contributed by atoms with Crippen molar-refractivity contribution in [2.75, 3.05) is 19.6 Å². The lowest BCUT2D eigenvalue weighted by Gasteiger charge is -2.15. The Labute approximate surface area is 172 Å². The number of hydrogen-bond acceptors (Lipinski definition) is 3. The average Bonchev–Trinajstić information content (AvgIpc) is 3.43. The van der Waals surface area contributed by atoms with E-state index in [4.69, 9.17) is 5.10 Å². The molecule has 0 spiro atoms. The van der Waals surface area contributed by atoms with Crippen molar-refractivity contribution in [2.24, 2.45) is 0 Å². The van der Waals surface area contributed by atoms with E-state index >= 15 is 0 Å². The number of benzene rings is 2. The molecule has 0 radical (unpaired) electrons. The summed E-state index contributed by atoms with van der Waals surface area (Å²) in [6, 6.07) is 20.7. The van der Waals surface area contributed by atoms with Gasteiger partial charge in [0.1, 0.15) is 0 Å². The Balaban J connectivity index is 1.42. The van der Waals surface area contributed by atoms with Gasteiger partial charge in [-0.1, -0.05) is 60.7 Å². The van der Waals surface area contributed by atoms with Gasteiger partial charge in [-0.3, -0.25) is 9.48 Å². The molecule has 5 nitrogen and oxygen atoms in total. The van der Waals surface area contributed by atoms with Gasteiger partial charge < -0.3 is 10.2 Å². The Morgan fingerprint density at radius 1 is 0.966 bits per heavy atom. The molecule has 1 amide bonds. The molecular weight excluding hydrogens is 360 g/mol. The maximum absolute atomic E-state index is 12.2. The summed E-state index contributed by atoms with van der Waals surface area (Å²) in [7, 11) is 0. The van der Waals surface area contributed by atoms with Gasteiger partial charge in [-0.25, -0.2) is 0 Å². The minimum Gasteiger partial charge on any atom is -0.343 e. The van der Waals surface area contributed by atoms with E-state index in [-0.39, 0.29) is 5.91 Å². The first kappa shape index (κ1) is 19.4. The van der Waals surface area contributed by atoms with Crippen molar-refractivity contribution in [3.05, 3.63) is 78.0 Å². The Morgan fingerprint density at radius 2 is 1.66 bits per heavy atom. The van der Waals surface area contributed by atoms with Gasteiger partial charge in [0.15, 0.2) is 0 Å². The lowest BCUT2D eigenvalue weighted by atomic mass is 10.1. The molecule has 1 N–H and O–H groups in total. The van der Waals surface area contributed by atoms with Gasteiger partial charge in [-0.2, -0.15) is 5.10 Å². The number of amides is 1. The molecule has 0 unspecified atom stereocenters. The van der Waals surface area contributed by atoms with Crippen LogP contribution in [0.5, 0.6) is 0 Å². The molecular formula is C24H28N4O. The van der Waals surface area contributed by atoms with Crippen molar-refractivity contribution in [1.82, 2.24) is 20.0 Å². The second-order valence-electron chi connectivity index (χ2n) is 7.57. The largest absolute Gasteiger partial charge is 0.343 e. The standard InChI is InChI=1S/C24H28N4O/c29-23(27-15-7-8-16-27)13-14-25-17-22-19-28(18-20-9-3-1-4-10-20)26-24(22)21-11-5-2-6-12-21/h1-6,9-12,19,25H,7-8,13-18H2. The molecule has 5 heteroatoms. The third kappa shape index (κ3) is 5.12. The Morgan fingerprint density at radius 3 is 2.38 bits per heavy atom. The van der Waals surface area contributed by atoms with E-state index in [1.807, 2.05) is 33.8 Å². The summed E-state index contributed by atoms with van der Waals surface area (Å²) in [5.74, 6) is 0.262. The van der Waals surface area contributed by atoms with Crippen LogP contribution in [-0.4, -0.2) is 40.2 Å². The number of carbonyl (C=O) groups excluding carboxylic acids is 1. The SMILES string of the molecule is O=C(CCNCc1cn(Cc2ccccc2)nc1-c1ccccc1)N1CCCC1. The molecule has 3 aromatic rings. The molecule has 4 rings (SSSR count). The van der Waals surface area contributed by atoms with Crippen molar-refractivity contribution >= 4 is 5.91 Å². The molecule has 1 aromatic heterocycles. The fraction of sp³-hybridized carbons (Fsp3) is 0.333. The van der Waals surface area contributed by atoms with Crippen LogP contribution in [0.2, 0.25) is 0 Å². The quantitative estimate of drug-likeness (QED) is 0.599. The van der Waals surface area contributed by atoms with Crippen LogP contribution in [0.4, 0.5) is 0 Å². The van der Waals surface area contributed by atoms with Gasteiger partial charge in [0.25, 0.3) is 0 Å². The fourth-order valence-electron chi connectivity index (χ4n) is 3.83. The molecule has 0 bridgehead atoms. The lowest BCUT2D eigenvalue weighted by Crippen LogP contribution is -2.30. The lowest BCUT2D eigenvalue weighted by molar-refractivity contribution is -0.130. The van der Waals surface area contributed by atoms with Crippen molar-refractivity contribution in [2.45, 2.75) is 32.4 Å². The maximum Gasteiger partial charge on any atom is 0.223 e. The first-order valence-corrected chi connectivity index (χ1v) is 10.4. The summed E-state index contributed by atoms with van der Waals surface area (Å²) in [6.07, 6.45) is 4.95. The second kappa shape index (κ2) is 9.52. The number of hydrogen-bond donors (Lipinski definition) is 1. The van der Waals surface area contributed by atoms with E-state index < -0.39 is 0 Å². The molecule has 150 valence electrons. The van der Waals surface area contributed by atoms with E-state index in [1.165, 1.54) is 5.56 Å². The summed E-state index contributed by atoms with van der Waals surface area (Å²) >= 11 is 0. The molecule has 1 saturated heterocycles. The molecule has 2 aromatic carbocycles. The summed E-state index contributed by atoms with van der Waals surface area (Å²) in [5, 5.41) is 8.30. The number of rotatable bonds is 8. The summed E-state index contributed by atoms with van der Waals surface area (Å²) in [4.78, 5) is 14.2. The Kier molecular flexibility index (Phi) is 6.37. The molecule has 1 aliphatic heterocycles. The van der Waals surface area contributed by atoms with Crippen LogP contribution in [-0.2, 0) is 17.9 Å². The minimum atomic E-state index is 0.262. The highest BCUT2D eigenvalue weighted by Gasteiger charge is 2.17. The molecule has 1 fully saturated rings. The van der Waals surface area contributed by atoms with Crippen LogP contribution in [0.1, 0.15) is 30.4 Å². The van der Waals surface area contributed by atoms with Crippen LogP contribution in [0.3, 0.4) is 0 Å². The number of nitrogens with zero attached hydrogens (tertiary/aromatic N) is 3. The van der Waals surface area contributed by atoms with E-state index in [1.54, 1.807) is 0 Å². The number of aromatic nitrogens is 2. The molecule has 29 heavy (non-hydrogen) atoms. The van der Waals surface area contributed by atoms with Crippen molar-refractivity contribution in [3.63, 3.8) is 0 Å². The van der Waals surface area contributed by atoms with E-state index in [0.29, 0.717) is 19.5 Å². The fourth-order valence-corrected chi connectivity index (χ4v) is 3.83. The summed E-state index contributed by atoms with van der Waals surface area (Å²) in [5.41, 5.74) is 4.50. The Hall–Kier alpha value is -2.92. The van der Waals surface area contributed by atoms with Crippen LogP contribution in [0.25, 0.3) is 11.3 Å². The molecule has 0 atom stereocenters. The van der Waals surface area contributed by atoms with Crippen molar-refractivity contribution in [3.8, 4) is 11.3 Å². The molecule has 2 heterocycles. The summed E-state index contributed by atoms with van der Waals surface area (Å²) < 4.78 is 2.00. The predicted molar refractivity (Wildman–Crippen MR) is 115 cm³/mol. The van der Waals surface area contributed by atoms with Gasteiger partial charge >= 0.3 is 0 Å². The highest BCUT2D eigenvalue weighted by atomic mass is 16.2. The van der Waals surface area contributed by atoms with Crippen molar-refractivity contribution < 1.29 is 4.79 Å². The normalized spacial score (nSPS) is 13.7. The predicted octanol–water partition coefficient (Wildman–Crippen LogP) is 3.70. The van der Waals surface area contributed by atoms with Crippen LogP contribution in [0, 0.1) is 0 Å². The first-order valence-electron chi connectivity index (χ1n) is 10.4. The molecule has 0 aliphatic carbocycles. The summed E-state index contributed by atoms with van der Waals surface area (Å²) in [6.45, 7) is 3.97. The number of likely N-dealkylation sites (tertiary alicyclic amines) is 1. The first-order chi connectivity index (χ1) is 14.3. The highest BCUT2D eigenvalue weighted by Crippen LogP contribution is 2.22. The van der Waals surface area contributed by atoms with Crippen LogP contribution < -0.4 is 5.32 Å². The molecule has 1 aliphatic rings. The monoisotopic (exact) mass is 388 g/mol. The van der Waals surface area contributed by atoms with Gasteiger partial charge in [0, 0.05) is 49.9 Å². The number of nitrogens with one attached hydrogen (secondary N) is 1. The topological polar surface area (TPSA) is 50.2 Å². The minimum absolute atomic E-state index is 0.262. The third-order valence-electron chi connectivity index (χ3n) is 5.36. The van der Waals surface area contributed by atoms with Crippen LogP contribution in [0.15, 0.2) is 66.9 Å². The zero-order valence-electron chi connectivity index (χ0n) is 16.8. The van der Waals surface area contributed by atoms with Crippen molar-refractivity contribution in [1.29, 1.82) is 0 Å². The smallest absolute Gasteiger partial charge is 0.223 e. The van der Waals surface area contributed by atoms with Gasteiger partial charge in [0.05, 0.1) is 12.2 Å². The Bertz CT molecular complexity index is 915. The van der Waals surface area contributed by atoms with E-state index in [0.717, 1.165) is 49.3 Å².